The number of hydrogen-bond acceptors (Lipinski definition) is 4. The van der Waals surface area contributed by atoms with Gasteiger partial charge < -0.3 is 9.80 Å². The van der Waals surface area contributed by atoms with Crippen LogP contribution < -0.4 is 0 Å². The minimum atomic E-state index is -0.288. The zero-order valence-corrected chi connectivity index (χ0v) is 18.6. The van der Waals surface area contributed by atoms with E-state index in [0.29, 0.717) is 38.3 Å². The Bertz CT molecular complexity index is 1080. The molecule has 7 nitrogen and oxygen atoms in total. The van der Waals surface area contributed by atoms with E-state index in [0.717, 1.165) is 23.1 Å². The van der Waals surface area contributed by atoms with Crippen molar-refractivity contribution in [2.45, 2.75) is 19.8 Å². The molecule has 1 aromatic carbocycles. The van der Waals surface area contributed by atoms with Crippen LogP contribution in [0.5, 0.6) is 0 Å². The molecule has 32 heavy (non-hydrogen) atoms. The van der Waals surface area contributed by atoms with Gasteiger partial charge in [-0.1, -0.05) is 31.2 Å². The maximum atomic E-state index is 13.4. The monoisotopic (exact) mass is 431 g/mol. The van der Waals surface area contributed by atoms with Crippen molar-refractivity contribution in [2.75, 3.05) is 26.2 Å². The zero-order chi connectivity index (χ0) is 22.5. The molecule has 0 aliphatic carbocycles. The highest BCUT2D eigenvalue weighted by atomic mass is 16.2. The van der Waals surface area contributed by atoms with Crippen LogP contribution in [0.25, 0.3) is 11.1 Å². The predicted molar refractivity (Wildman–Crippen MR) is 123 cm³/mol. The molecule has 1 aliphatic rings. The molecule has 0 radical (unpaired) electrons. The molecule has 1 fully saturated rings. The van der Waals surface area contributed by atoms with E-state index in [9.17, 15) is 9.59 Å². The highest BCUT2D eigenvalue weighted by Crippen LogP contribution is 2.23. The third kappa shape index (κ3) is 4.88. The van der Waals surface area contributed by atoms with Crippen molar-refractivity contribution in [3.05, 3.63) is 72.3 Å². The van der Waals surface area contributed by atoms with Crippen LogP contribution in [0, 0.1) is 5.92 Å². The average molecular weight is 432 g/mol. The first kappa shape index (κ1) is 21.7. The predicted octanol–water partition coefficient (Wildman–Crippen LogP) is 3.04. The lowest BCUT2D eigenvalue weighted by Gasteiger charge is -2.24. The quantitative estimate of drug-likeness (QED) is 0.602. The molecule has 1 aliphatic heterocycles. The Kier molecular flexibility index (Phi) is 6.63. The lowest BCUT2D eigenvalue weighted by atomic mass is 9.95. The van der Waals surface area contributed by atoms with Gasteiger partial charge in [0.05, 0.1) is 5.92 Å². The molecule has 0 saturated carbocycles. The maximum absolute atomic E-state index is 13.4. The number of carbonyl (C=O) groups excluding carboxylic acids is 2. The molecular formula is C25H29N5O2. The number of rotatable bonds is 6. The van der Waals surface area contributed by atoms with Gasteiger partial charge in [-0.15, -0.1) is 0 Å². The van der Waals surface area contributed by atoms with Crippen LogP contribution in [-0.2, 0) is 18.3 Å². The maximum Gasteiger partial charge on any atom is 0.274 e. The summed E-state index contributed by atoms with van der Waals surface area (Å²) in [5.41, 5.74) is 3.69. The lowest BCUT2D eigenvalue weighted by molar-refractivity contribution is -0.134. The van der Waals surface area contributed by atoms with Crippen LogP contribution in [0.4, 0.5) is 0 Å². The zero-order valence-electron chi connectivity index (χ0n) is 18.6. The molecule has 0 bridgehead atoms. The third-order valence-electron chi connectivity index (χ3n) is 5.88. The van der Waals surface area contributed by atoms with Gasteiger partial charge >= 0.3 is 0 Å². The molecule has 0 unspecified atom stereocenters. The Labute approximate surface area is 188 Å². The number of amides is 2. The number of aromatic nitrogens is 3. The van der Waals surface area contributed by atoms with Crippen molar-refractivity contribution < 1.29 is 9.59 Å². The second kappa shape index (κ2) is 9.77. The highest BCUT2D eigenvalue weighted by Gasteiger charge is 2.33. The summed E-state index contributed by atoms with van der Waals surface area (Å²) in [5, 5.41) is 4.27. The summed E-state index contributed by atoms with van der Waals surface area (Å²) >= 11 is 0. The van der Waals surface area contributed by atoms with E-state index in [2.05, 4.69) is 35.2 Å². The average Bonchev–Trinajstić information content (AvgIpc) is 3.20. The smallest absolute Gasteiger partial charge is 0.274 e. The van der Waals surface area contributed by atoms with Crippen LogP contribution in [0.15, 0.2) is 61.1 Å². The van der Waals surface area contributed by atoms with Crippen LogP contribution >= 0.6 is 0 Å². The second-order valence-corrected chi connectivity index (χ2v) is 8.29. The van der Waals surface area contributed by atoms with Crippen LogP contribution in [0.2, 0.25) is 0 Å². The largest absolute Gasteiger partial charge is 0.341 e. The van der Waals surface area contributed by atoms with E-state index in [1.165, 1.54) is 0 Å². The molecule has 166 valence electrons. The molecule has 7 heteroatoms. The Hall–Kier alpha value is -3.48. The van der Waals surface area contributed by atoms with E-state index in [1.54, 1.807) is 41.3 Å². The van der Waals surface area contributed by atoms with Crippen molar-refractivity contribution in [3.63, 3.8) is 0 Å². The van der Waals surface area contributed by atoms with Gasteiger partial charge in [0.2, 0.25) is 5.91 Å². The van der Waals surface area contributed by atoms with Crippen LogP contribution in [0.1, 0.15) is 29.4 Å². The van der Waals surface area contributed by atoms with Gasteiger partial charge in [0, 0.05) is 51.8 Å². The lowest BCUT2D eigenvalue weighted by Crippen LogP contribution is -2.38. The molecule has 2 aromatic heterocycles. The van der Waals surface area contributed by atoms with Gasteiger partial charge in [-0.2, -0.15) is 5.10 Å². The Morgan fingerprint density at radius 1 is 1.09 bits per heavy atom. The molecule has 1 saturated heterocycles. The fourth-order valence-electron chi connectivity index (χ4n) is 4.27. The third-order valence-corrected chi connectivity index (χ3v) is 5.88. The number of benzene rings is 1. The summed E-state index contributed by atoms with van der Waals surface area (Å²) in [6.45, 7) is 4.25. The number of aryl methyl sites for hydroxylation is 1. The molecule has 1 atom stereocenters. The van der Waals surface area contributed by atoms with Crippen molar-refractivity contribution in [3.8, 4) is 11.1 Å². The minimum Gasteiger partial charge on any atom is -0.341 e. The fourth-order valence-corrected chi connectivity index (χ4v) is 4.27. The van der Waals surface area contributed by atoms with Gasteiger partial charge in [0.15, 0.2) is 0 Å². The van der Waals surface area contributed by atoms with Gasteiger partial charge in [0.1, 0.15) is 5.69 Å². The number of nitrogens with zero attached hydrogens (tertiary/aromatic N) is 5. The molecule has 4 rings (SSSR count). The summed E-state index contributed by atoms with van der Waals surface area (Å²) < 4.78 is 1.63. The summed E-state index contributed by atoms with van der Waals surface area (Å²) in [6, 6.07) is 14.0. The standard InChI is InChI=1S/C25H29N5O2/c1-3-12-29-14-15-30(25(32)23-9-13-28(2)27-23)18-22(24(29)31)17-19-5-4-6-21(16-19)20-7-10-26-11-8-20/h4-11,13,16,22H,3,12,14-15,17-18H2,1-2H3/t22-/m1/s1. The fraction of sp³-hybridized carbons (Fsp3) is 0.360. The van der Waals surface area contributed by atoms with E-state index in [-0.39, 0.29) is 17.7 Å². The first-order chi connectivity index (χ1) is 15.5. The number of carbonyl (C=O) groups is 2. The Morgan fingerprint density at radius 3 is 2.62 bits per heavy atom. The van der Waals surface area contributed by atoms with E-state index in [1.807, 2.05) is 23.1 Å². The number of hydrogen-bond donors (Lipinski definition) is 0. The minimum absolute atomic E-state index is 0.118. The summed E-state index contributed by atoms with van der Waals surface area (Å²) in [6.07, 6.45) is 6.80. The second-order valence-electron chi connectivity index (χ2n) is 8.29. The molecular weight excluding hydrogens is 402 g/mol. The van der Waals surface area contributed by atoms with Crippen LogP contribution in [0.3, 0.4) is 0 Å². The Morgan fingerprint density at radius 2 is 1.91 bits per heavy atom. The molecule has 0 spiro atoms. The Balaban J connectivity index is 1.58. The molecule has 3 heterocycles. The summed E-state index contributed by atoms with van der Waals surface area (Å²) in [5.74, 6) is -0.283. The van der Waals surface area contributed by atoms with Gasteiger partial charge in [-0.05, 0) is 47.7 Å². The highest BCUT2D eigenvalue weighted by molar-refractivity contribution is 5.93. The van der Waals surface area contributed by atoms with Gasteiger partial charge in [-0.3, -0.25) is 19.3 Å². The molecule has 2 amide bonds. The molecule has 0 N–H and O–H groups in total. The first-order valence-electron chi connectivity index (χ1n) is 11.1. The van der Waals surface area contributed by atoms with Gasteiger partial charge in [-0.25, -0.2) is 0 Å². The van der Waals surface area contributed by atoms with Crippen molar-refractivity contribution >= 4 is 11.8 Å². The van der Waals surface area contributed by atoms with E-state index in [4.69, 9.17) is 0 Å². The SMILES string of the molecule is CCCN1CCN(C(=O)c2ccn(C)n2)C[C@@H](Cc2cccc(-c3ccncc3)c2)C1=O. The van der Waals surface area contributed by atoms with Crippen molar-refractivity contribution in [2.24, 2.45) is 13.0 Å². The first-order valence-corrected chi connectivity index (χ1v) is 11.1. The van der Waals surface area contributed by atoms with Crippen molar-refractivity contribution in [1.29, 1.82) is 0 Å². The normalized spacial score (nSPS) is 16.8. The summed E-state index contributed by atoms with van der Waals surface area (Å²) in [4.78, 5) is 34.2. The molecule has 3 aromatic rings. The topological polar surface area (TPSA) is 71.3 Å². The van der Waals surface area contributed by atoms with Crippen molar-refractivity contribution in [1.82, 2.24) is 24.6 Å². The number of pyridine rings is 1. The van der Waals surface area contributed by atoms with Gasteiger partial charge in [0.25, 0.3) is 5.91 Å². The van der Waals surface area contributed by atoms with E-state index < -0.39 is 0 Å². The summed E-state index contributed by atoms with van der Waals surface area (Å²) in [7, 11) is 1.80. The van der Waals surface area contributed by atoms with E-state index >= 15 is 0 Å². The van der Waals surface area contributed by atoms with Crippen LogP contribution in [-0.4, -0.2) is 62.6 Å².